The number of rotatable bonds is 15. The molecular formula is C32H51BN6O7. The summed E-state index contributed by atoms with van der Waals surface area (Å²) in [7, 11) is -0.609. The molecule has 13 nitrogen and oxygen atoms in total. The van der Waals surface area contributed by atoms with Crippen LogP contribution in [-0.2, 0) is 18.9 Å². The highest BCUT2D eigenvalue weighted by Gasteiger charge is 2.68. The summed E-state index contributed by atoms with van der Waals surface area (Å²) in [5, 5.41) is 15.8. The molecule has 3 aliphatic carbocycles. The highest BCUT2D eigenvalue weighted by atomic mass is 16.7. The van der Waals surface area contributed by atoms with Crippen molar-refractivity contribution >= 4 is 24.9 Å². The van der Waals surface area contributed by atoms with Gasteiger partial charge >= 0.3 is 7.12 Å². The van der Waals surface area contributed by atoms with Crippen molar-refractivity contribution in [1.29, 1.82) is 0 Å². The Morgan fingerprint density at radius 1 is 1.15 bits per heavy atom. The Labute approximate surface area is 272 Å². The summed E-state index contributed by atoms with van der Waals surface area (Å²) in [4.78, 5) is 41.4. The molecular weight excluding hydrogens is 591 g/mol. The Morgan fingerprint density at radius 3 is 2.46 bits per heavy atom. The van der Waals surface area contributed by atoms with Crippen LogP contribution in [0.3, 0.4) is 0 Å². The standard InChI is InChI=1S/C32H51BN6O7/c1-19(2)15-27(33-45-26-17-22-16-25(31(22,5)6)32(26,7)46-33)37-29(41)24(9-8-14-35-30(34)38-39(42)43)36-28(40)18-44-23-12-10-21(11-13-23)20(3)4/h10-13,19-20,22,24-27H,8-9,14-18H2,1-7H3,(H,36,40)(H,37,41)(H3,34,35,38)/t22-,24-,25-,26+,27-,32-/m0/s1. The SMILES string of the molecule is CC(C)C[C@H](NC(=O)[C@H](CCCN=C(N)N[N+](=O)[O-])NC(=O)COc1ccc(C(C)C)cc1)B1O[C@@H]2C[C@@H]3C[C@@H](C3(C)C)[C@]2(C)O1. The highest BCUT2D eigenvalue weighted by molar-refractivity contribution is 6.48. The first kappa shape index (κ1) is 35.5. The van der Waals surface area contributed by atoms with Crippen molar-refractivity contribution in [3.05, 3.63) is 39.9 Å². The van der Waals surface area contributed by atoms with Gasteiger partial charge in [0.1, 0.15) is 11.8 Å². The number of hydrogen-bond acceptors (Lipinski definition) is 8. The monoisotopic (exact) mass is 642 g/mol. The summed E-state index contributed by atoms with van der Waals surface area (Å²) in [5.74, 6) is 0.548. The summed E-state index contributed by atoms with van der Waals surface area (Å²) >= 11 is 0. The van der Waals surface area contributed by atoms with E-state index < -0.39 is 35.6 Å². The molecule has 254 valence electrons. The van der Waals surface area contributed by atoms with Gasteiger partial charge in [0, 0.05) is 6.54 Å². The zero-order valence-corrected chi connectivity index (χ0v) is 28.2. The molecule has 4 fully saturated rings. The number of nitrogens with one attached hydrogen (secondary N) is 3. The number of ether oxygens (including phenoxy) is 1. The van der Waals surface area contributed by atoms with Gasteiger partial charge in [-0.25, -0.2) is 15.1 Å². The lowest BCUT2D eigenvalue weighted by atomic mass is 9.43. The molecule has 1 aromatic carbocycles. The molecule has 2 bridgehead atoms. The topological polar surface area (TPSA) is 179 Å². The minimum absolute atomic E-state index is 0.0285. The van der Waals surface area contributed by atoms with Crippen molar-refractivity contribution in [1.82, 2.24) is 16.1 Å². The Bertz CT molecular complexity index is 1280. The number of aliphatic imine (C=N–C) groups is 1. The van der Waals surface area contributed by atoms with Gasteiger partial charge < -0.3 is 30.4 Å². The van der Waals surface area contributed by atoms with Crippen LogP contribution in [0, 0.1) is 33.3 Å². The number of amides is 2. The minimum atomic E-state index is -0.917. The van der Waals surface area contributed by atoms with Gasteiger partial charge in [0.05, 0.1) is 17.6 Å². The lowest BCUT2D eigenvalue weighted by Crippen LogP contribution is -2.65. The van der Waals surface area contributed by atoms with Crippen molar-refractivity contribution < 1.29 is 28.7 Å². The van der Waals surface area contributed by atoms with Crippen LogP contribution in [-0.4, -0.2) is 66.8 Å². The van der Waals surface area contributed by atoms with Gasteiger partial charge in [-0.2, -0.15) is 0 Å². The van der Waals surface area contributed by atoms with Crippen LogP contribution >= 0.6 is 0 Å². The summed E-state index contributed by atoms with van der Waals surface area (Å²) in [6, 6.07) is 6.62. The van der Waals surface area contributed by atoms with E-state index in [9.17, 15) is 19.7 Å². The Morgan fingerprint density at radius 2 is 1.85 bits per heavy atom. The second kappa shape index (κ2) is 14.6. The number of carbonyl (C=O) groups is 2. The van der Waals surface area contributed by atoms with Crippen molar-refractivity contribution in [2.24, 2.45) is 33.9 Å². The molecule has 6 atom stereocenters. The molecule has 5 N–H and O–H groups in total. The zero-order valence-electron chi connectivity index (χ0n) is 28.2. The predicted molar refractivity (Wildman–Crippen MR) is 175 cm³/mol. The molecule has 3 saturated carbocycles. The first-order valence-corrected chi connectivity index (χ1v) is 16.5. The van der Waals surface area contributed by atoms with Gasteiger partial charge in [0.15, 0.2) is 11.6 Å². The molecule has 1 aromatic rings. The van der Waals surface area contributed by atoms with Crippen molar-refractivity contribution in [2.45, 2.75) is 110 Å². The van der Waals surface area contributed by atoms with Crippen LogP contribution in [0.15, 0.2) is 29.3 Å². The number of nitrogens with zero attached hydrogens (tertiary/aromatic N) is 2. The summed E-state index contributed by atoms with van der Waals surface area (Å²) in [5.41, 5.74) is 8.25. The maximum absolute atomic E-state index is 13.8. The second-order valence-corrected chi connectivity index (χ2v) is 14.5. The van der Waals surface area contributed by atoms with Gasteiger partial charge in [-0.3, -0.25) is 9.59 Å². The van der Waals surface area contributed by atoms with Crippen molar-refractivity contribution in [2.75, 3.05) is 13.2 Å². The summed E-state index contributed by atoms with van der Waals surface area (Å²) in [6.07, 6.45) is 3.21. The molecule has 0 unspecified atom stereocenters. The van der Waals surface area contributed by atoms with Crippen LogP contribution in [0.4, 0.5) is 0 Å². The van der Waals surface area contributed by atoms with Crippen LogP contribution < -0.4 is 26.5 Å². The summed E-state index contributed by atoms with van der Waals surface area (Å²) in [6.45, 7) is 15.0. The fourth-order valence-corrected chi connectivity index (χ4v) is 7.33. The van der Waals surface area contributed by atoms with Gasteiger partial charge in [-0.05, 0) is 85.8 Å². The van der Waals surface area contributed by atoms with E-state index in [2.05, 4.69) is 64.1 Å². The van der Waals surface area contributed by atoms with E-state index in [1.54, 1.807) is 5.43 Å². The molecule has 1 heterocycles. The Hall–Kier alpha value is -3.39. The molecule has 0 aromatic heterocycles. The number of hydrazine groups is 1. The predicted octanol–water partition coefficient (Wildman–Crippen LogP) is 3.35. The lowest BCUT2D eigenvalue weighted by molar-refractivity contribution is -0.525. The van der Waals surface area contributed by atoms with E-state index in [1.165, 1.54) is 0 Å². The molecule has 5 rings (SSSR count). The molecule has 0 spiro atoms. The van der Waals surface area contributed by atoms with Crippen LogP contribution in [0.5, 0.6) is 5.75 Å². The van der Waals surface area contributed by atoms with E-state index in [4.69, 9.17) is 19.8 Å². The van der Waals surface area contributed by atoms with Gasteiger partial charge in [-0.1, -0.05) is 59.1 Å². The minimum Gasteiger partial charge on any atom is -0.484 e. The number of nitro groups is 1. The Balaban J connectivity index is 1.42. The largest absolute Gasteiger partial charge is 0.484 e. The smallest absolute Gasteiger partial charge is 0.481 e. The maximum atomic E-state index is 13.8. The summed E-state index contributed by atoms with van der Waals surface area (Å²) < 4.78 is 18.9. The Kier molecular flexibility index (Phi) is 11.2. The van der Waals surface area contributed by atoms with E-state index >= 15 is 0 Å². The second-order valence-electron chi connectivity index (χ2n) is 14.5. The number of benzene rings is 1. The molecule has 1 saturated heterocycles. The lowest BCUT2D eigenvalue weighted by Gasteiger charge is -2.64. The quantitative estimate of drug-likeness (QED) is 0.0558. The third-order valence-electron chi connectivity index (χ3n) is 10.1. The van der Waals surface area contributed by atoms with Gasteiger partial charge in [0.25, 0.3) is 11.9 Å². The molecule has 4 aliphatic rings. The first-order valence-electron chi connectivity index (χ1n) is 16.5. The van der Waals surface area contributed by atoms with Crippen LogP contribution in [0.25, 0.3) is 0 Å². The van der Waals surface area contributed by atoms with Gasteiger partial charge in [0.2, 0.25) is 5.91 Å². The third kappa shape index (κ3) is 8.30. The fraction of sp³-hybridized carbons (Fsp3) is 0.719. The molecule has 0 radical (unpaired) electrons. The number of hydrogen-bond donors (Lipinski definition) is 4. The highest BCUT2D eigenvalue weighted by Crippen LogP contribution is 2.65. The van der Waals surface area contributed by atoms with E-state index in [-0.39, 0.29) is 48.9 Å². The number of nitrogens with two attached hydrogens (primary N) is 1. The maximum Gasteiger partial charge on any atom is 0.481 e. The van der Waals surface area contributed by atoms with Crippen LogP contribution in [0.1, 0.15) is 92.1 Å². The molecule has 1 aliphatic heterocycles. The molecule has 14 heteroatoms. The van der Waals surface area contributed by atoms with Crippen LogP contribution in [0.2, 0.25) is 0 Å². The average Bonchev–Trinajstić information content (AvgIpc) is 3.34. The number of guanidine groups is 1. The van der Waals surface area contributed by atoms with E-state index in [1.807, 2.05) is 24.3 Å². The third-order valence-corrected chi connectivity index (χ3v) is 10.1. The van der Waals surface area contributed by atoms with Crippen molar-refractivity contribution in [3.63, 3.8) is 0 Å². The van der Waals surface area contributed by atoms with Crippen molar-refractivity contribution in [3.8, 4) is 5.75 Å². The first-order chi connectivity index (χ1) is 21.6. The van der Waals surface area contributed by atoms with E-state index in [0.29, 0.717) is 36.3 Å². The molecule has 46 heavy (non-hydrogen) atoms. The van der Waals surface area contributed by atoms with Gasteiger partial charge in [-0.15, -0.1) is 0 Å². The number of carbonyl (C=O) groups excluding carboxylic acids is 2. The molecule has 2 amide bonds. The average molecular weight is 643 g/mol. The zero-order chi connectivity index (χ0) is 33.8. The van der Waals surface area contributed by atoms with E-state index in [0.717, 1.165) is 18.4 Å². The normalized spacial score (nSPS) is 26.2. The fourth-order valence-electron chi connectivity index (χ4n) is 7.33.